The molecule has 6 nitrogen and oxygen atoms in total. The summed E-state index contributed by atoms with van der Waals surface area (Å²) >= 11 is 0. The molecule has 14 heavy (non-hydrogen) atoms. The Labute approximate surface area is 80.9 Å². The van der Waals surface area contributed by atoms with Gasteiger partial charge in [-0.25, -0.2) is 9.59 Å². The summed E-state index contributed by atoms with van der Waals surface area (Å²) < 4.78 is 5.34. The predicted molar refractivity (Wildman–Crippen MR) is 49.4 cm³/mol. The van der Waals surface area contributed by atoms with Crippen molar-refractivity contribution in [1.29, 1.82) is 0 Å². The fraction of sp³-hybridized carbons (Fsp3) is 0.625. The largest absolute Gasteiger partial charge is 0.448 e. The lowest BCUT2D eigenvalue weighted by molar-refractivity contribution is 0.149. The zero-order valence-corrected chi connectivity index (χ0v) is 8.40. The van der Waals surface area contributed by atoms with E-state index in [-0.39, 0.29) is 12.5 Å². The van der Waals surface area contributed by atoms with E-state index in [0.717, 1.165) is 0 Å². The van der Waals surface area contributed by atoms with Gasteiger partial charge in [-0.05, 0) is 6.92 Å². The van der Waals surface area contributed by atoms with Crippen LogP contribution in [0.4, 0.5) is 4.79 Å². The highest BCUT2D eigenvalue weighted by molar-refractivity contribution is 5.68. The maximum atomic E-state index is 11.2. The molecule has 6 heteroatoms. The number of nitrogens with zero attached hydrogens (tertiary/aromatic N) is 2. The van der Waals surface area contributed by atoms with Crippen molar-refractivity contribution in [2.45, 2.75) is 26.7 Å². The topological polar surface area (TPSA) is 77.0 Å². The minimum Gasteiger partial charge on any atom is -0.448 e. The van der Waals surface area contributed by atoms with Crippen LogP contribution in [0, 0.1) is 0 Å². The van der Waals surface area contributed by atoms with Crippen molar-refractivity contribution in [3.05, 3.63) is 16.3 Å². The Morgan fingerprint density at radius 3 is 2.71 bits per heavy atom. The summed E-state index contributed by atoms with van der Waals surface area (Å²) in [5.41, 5.74) is -0.563. The van der Waals surface area contributed by atoms with E-state index < -0.39 is 11.8 Å². The first kappa shape index (κ1) is 10.5. The minimum atomic E-state index is -0.749. The second-order valence-electron chi connectivity index (χ2n) is 3.08. The molecule has 1 rings (SSSR count). The molecule has 1 N–H and O–H groups in total. The summed E-state index contributed by atoms with van der Waals surface area (Å²) in [6.45, 7) is 5.62. The van der Waals surface area contributed by atoms with E-state index in [1.807, 2.05) is 13.8 Å². The molecule has 0 bridgehead atoms. The second kappa shape index (κ2) is 4.08. The van der Waals surface area contributed by atoms with Crippen LogP contribution in [0.2, 0.25) is 0 Å². The Bertz CT molecular complexity index is 377. The number of hydrogen-bond donors (Lipinski definition) is 1. The zero-order valence-electron chi connectivity index (χ0n) is 8.40. The average molecular weight is 199 g/mol. The number of rotatable bonds is 2. The molecule has 0 saturated heterocycles. The second-order valence-corrected chi connectivity index (χ2v) is 3.08. The normalized spacial score (nSPS) is 10.6. The molecule has 1 aromatic rings. The van der Waals surface area contributed by atoms with Crippen LogP contribution in [0.3, 0.4) is 0 Å². The van der Waals surface area contributed by atoms with Crippen LogP contribution in [0.5, 0.6) is 0 Å². The molecule has 0 saturated carbocycles. The summed E-state index contributed by atoms with van der Waals surface area (Å²) in [4.78, 5) is 24.8. The Hall–Kier alpha value is -1.59. The molecule has 0 aliphatic carbocycles. The summed E-state index contributed by atoms with van der Waals surface area (Å²) in [5, 5.41) is 3.80. The van der Waals surface area contributed by atoms with E-state index in [4.69, 9.17) is 0 Å². The third kappa shape index (κ3) is 2.01. The van der Waals surface area contributed by atoms with Crippen molar-refractivity contribution in [3.63, 3.8) is 0 Å². The Balaban J connectivity index is 2.99. The van der Waals surface area contributed by atoms with Crippen LogP contribution >= 0.6 is 0 Å². The van der Waals surface area contributed by atoms with E-state index in [1.165, 1.54) is 0 Å². The number of hydrogen-bond acceptors (Lipinski definition) is 4. The van der Waals surface area contributed by atoms with Gasteiger partial charge in [0.2, 0.25) is 0 Å². The van der Waals surface area contributed by atoms with Gasteiger partial charge in [0.25, 0.3) is 0 Å². The van der Waals surface area contributed by atoms with E-state index in [0.29, 0.717) is 10.5 Å². The molecule has 1 aromatic heterocycles. The van der Waals surface area contributed by atoms with Crippen LogP contribution in [0.25, 0.3) is 0 Å². The van der Waals surface area contributed by atoms with Gasteiger partial charge in [-0.2, -0.15) is 0 Å². The van der Waals surface area contributed by atoms with E-state index in [2.05, 4.69) is 14.8 Å². The first-order valence-corrected chi connectivity index (χ1v) is 4.42. The van der Waals surface area contributed by atoms with Gasteiger partial charge in [-0.1, -0.05) is 13.8 Å². The molecule has 78 valence electrons. The monoisotopic (exact) mass is 199 g/mol. The van der Waals surface area contributed by atoms with Gasteiger partial charge in [0.15, 0.2) is 0 Å². The third-order valence-electron chi connectivity index (χ3n) is 1.62. The molecular formula is C8H13N3O3. The van der Waals surface area contributed by atoms with Crippen molar-refractivity contribution < 1.29 is 9.53 Å². The van der Waals surface area contributed by atoms with Crippen molar-refractivity contribution in [1.82, 2.24) is 14.8 Å². The highest BCUT2D eigenvalue weighted by atomic mass is 16.6. The number of carbonyl (C=O) groups is 1. The van der Waals surface area contributed by atoms with E-state index in [1.54, 1.807) is 6.92 Å². The highest BCUT2D eigenvalue weighted by Gasteiger charge is 2.14. The molecule has 0 spiro atoms. The third-order valence-corrected chi connectivity index (χ3v) is 1.62. The number of nitrogens with one attached hydrogen (secondary N) is 1. The van der Waals surface area contributed by atoms with Crippen LogP contribution in [0.1, 0.15) is 32.5 Å². The molecule has 0 unspecified atom stereocenters. The quantitative estimate of drug-likeness (QED) is 0.760. The van der Waals surface area contributed by atoms with Gasteiger partial charge in [-0.15, -0.1) is 9.78 Å². The van der Waals surface area contributed by atoms with E-state index >= 15 is 0 Å². The molecule has 1 heterocycles. The van der Waals surface area contributed by atoms with Crippen molar-refractivity contribution in [3.8, 4) is 0 Å². The molecular weight excluding hydrogens is 186 g/mol. The Kier molecular flexibility index (Phi) is 3.06. The number of aromatic nitrogens is 3. The van der Waals surface area contributed by atoms with Crippen LogP contribution in [0.15, 0.2) is 4.79 Å². The lowest BCUT2D eigenvalue weighted by Gasteiger charge is -1.98. The maximum Gasteiger partial charge on any atom is 0.439 e. The summed E-state index contributed by atoms with van der Waals surface area (Å²) in [6.07, 6.45) is -0.749. The molecule has 0 aromatic carbocycles. The lowest BCUT2D eigenvalue weighted by atomic mass is 10.2. The Morgan fingerprint density at radius 2 is 2.29 bits per heavy atom. The maximum absolute atomic E-state index is 11.2. The summed E-state index contributed by atoms with van der Waals surface area (Å²) in [7, 11) is 0. The zero-order chi connectivity index (χ0) is 10.7. The van der Waals surface area contributed by atoms with Gasteiger partial charge in [-0.3, -0.25) is 4.98 Å². The fourth-order valence-corrected chi connectivity index (χ4v) is 0.909. The number of H-pyrrole nitrogens is 1. The molecule has 0 fully saturated rings. The predicted octanol–water partition coefficient (Wildman–Crippen LogP) is 0.699. The first-order chi connectivity index (χ1) is 6.56. The van der Waals surface area contributed by atoms with Gasteiger partial charge in [0.05, 0.1) is 6.61 Å². The van der Waals surface area contributed by atoms with Gasteiger partial charge < -0.3 is 4.74 Å². The van der Waals surface area contributed by atoms with Crippen LogP contribution < -0.4 is 5.69 Å². The molecule has 0 aliphatic heterocycles. The van der Waals surface area contributed by atoms with Crippen molar-refractivity contribution in [2.75, 3.05) is 6.61 Å². The standard InChI is InChI=1S/C8H13N3O3/c1-4-14-8(13)11-7(12)9-6(10-11)5(2)3/h5H,4H2,1-3H3,(H,9,10,12). The molecule has 0 radical (unpaired) electrons. The van der Waals surface area contributed by atoms with Gasteiger partial charge in [0, 0.05) is 5.92 Å². The Morgan fingerprint density at radius 1 is 1.64 bits per heavy atom. The van der Waals surface area contributed by atoms with Gasteiger partial charge >= 0.3 is 11.8 Å². The number of carbonyl (C=O) groups excluding carboxylic acids is 1. The summed E-state index contributed by atoms with van der Waals surface area (Å²) in [6, 6.07) is 0. The first-order valence-electron chi connectivity index (χ1n) is 4.42. The van der Waals surface area contributed by atoms with E-state index in [9.17, 15) is 9.59 Å². The van der Waals surface area contributed by atoms with Gasteiger partial charge in [0.1, 0.15) is 5.82 Å². The smallest absolute Gasteiger partial charge is 0.439 e. The summed E-state index contributed by atoms with van der Waals surface area (Å²) in [5.74, 6) is 0.543. The molecule has 0 amide bonds. The molecule has 0 aliphatic rings. The SMILES string of the molecule is CCOC(=O)n1nc(C(C)C)[nH]c1=O. The highest BCUT2D eigenvalue weighted by Crippen LogP contribution is 2.04. The van der Waals surface area contributed by atoms with Crippen molar-refractivity contribution >= 4 is 6.09 Å². The number of ether oxygens (including phenoxy) is 1. The van der Waals surface area contributed by atoms with Crippen LogP contribution in [-0.2, 0) is 4.74 Å². The lowest BCUT2D eigenvalue weighted by Crippen LogP contribution is -2.26. The number of aromatic amines is 1. The van der Waals surface area contributed by atoms with Crippen LogP contribution in [-0.4, -0.2) is 27.5 Å². The average Bonchev–Trinajstić information content (AvgIpc) is 2.48. The fourth-order valence-electron chi connectivity index (χ4n) is 0.909. The molecule has 0 atom stereocenters. The van der Waals surface area contributed by atoms with Crippen molar-refractivity contribution in [2.24, 2.45) is 0 Å². The minimum absolute atomic E-state index is 0.0679.